The van der Waals surface area contributed by atoms with Crippen LogP contribution in [-0.2, 0) is 4.79 Å². The molecule has 0 spiro atoms. The van der Waals surface area contributed by atoms with Gasteiger partial charge in [0.1, 0.15) is 5.02 Å². The van der Waals surface area contributed by atoms with Gasteiger partial charge in [-0.15, -0.1) is 5.10 Å². The molecule has 1 aliphatic rings. The maximum atomic E-state index is 12.4. The van der Waals surface area contributed by atoms with Crippen LogP contribution in [0.1, 0.15) is 26.2 Å². The largest absolute Gasteiger partial charge is 0.462 e. The molecular weight excluding hydrogens is 314 g/mol. The molecule has 23 heavy (non-hydrogen) atoms. The van der Waals surface area contributed by atoms with Crippen LogP contribution in [0, 0.1) is 0 Å². The standard InChI is InChI=1S/C17H20ClN3O2/c1-13(17(22)20-10-6-3-7-11-20)23-16-15(18)12-21(19-16)14-8-4-2-5-9-14/h2,4-5,8-9,12-13H,3,6-7,10-11H2,1H3/t13-/m1/s1. The van der Waals surface area contributed by atoms with Crippen molar-refractivity contribution < 1.29 is 9.53 Å². The molecule has 3 rings (SSSR count). The summed E-state index contributed by atoms with van der Waals surface area (Å²) in [5.74, 6) is 0.281. The SMILES string of the molecule is C[C@@H](Oc1nn(-c2ccccc2)cc1Cl)C(=O)N1CCCCC1. The molecule has 2 heterocycles. The van der Waals surface area contributed by atoms with Crippen molar-refractivity contribution in [2.24, 2.45) is 0 Å². The molecule has 1 aromatic heterocycles. The first-order valence-electron chi connectivity index (χ1n) is 7.91. The second-order valence-corrected chi connectivity index (χ2v) is 6.12. The number of ether oxygens (including phenoxy) is 1. The number of amides is 1. The van der Waals surface area contributed by atoms with Crippen molar-refractivity contribution in [2.75, 3.05) is 13.1 Å². The lowest BCUT2D eigenvalue weighted by atomic mass is 10.1. The highest BCUT2D eigenvalue weighted by atomic mass is 35.5. The van der Waals surface area contributed by atoms with Gasteiger partial charge >= 0.3 is 0 Å². The second kappa shape index (κ2) is 7.04. The van der Waals surface area contributed by atoms with E-state index >= 15 is 0 Å². The Kier molecular flexibility index (Phi) is 4.86. The van der Waals surface area contributed by atoms with Crippen molar-refractivity contribution >= 4 is 17.5 Å². The van der Waals surface area contributed by atoms with Gasteiger partial charge < -0.3 is 9.64 Å². The molecule has 1 aromatic carbocycles. The number of carbonyl (C=O) groups is 1. The molecule has 1 saturated heterocycles. The van der Waals surface area contributed by atoms with Crippen LogP contribution in [0.25, 0.3) is 5.69 Å². The van der Waals surface area contributed by atoms with Gasteiger partial charge in [-0.2, -0.15) is 0 Å². The van der Waals surface area contributed by atoms with Crippen LogP contribution in [0.5, 0.6) is 5.88 Å². The van der Waals surface area contributed by atoms with Gasteiger partial charge in [0.05, 0.1) is 11.9 Å². The Labute approximate surface area is 140 Å². The highest BCUT2D eigenvalue weighted by Crippen LogP contribution is 2.25. The fraction of sp³-hybridized carbons (Fsp3) is 0.412. The van der Waals surface area contributed by atoms with E-state index < -0.39 is 6.10 Å². The van der Waals surface area contributed by atoms with Crippen molar-refractivity contribution in [3.05, 3.63) is 41.6 Å². The summed E-state index contributed by atoms with van der Waals surface area (Å²) in [6.07, 6.45) is 4.39. The number of hydrogen-bond donors (Lipinski definition) is 0. The fourth-order valence-corrected chi connectivity index (χ4v) is 2.89. The van der Waals surface area contributed by atoms with E-state index in [4.69, 9.17) is 16.3 Å². The molecule has 1 atom stereocenters. The Morgan fingerprint density at radius 3 is 2.61 bits per heavy atom. The first-order chi connectivity index (χ1) is 11.1. The minimum Gasteiger partial charge on any atom is -0.462 e. The van der Waals surface area contributed by atoms with Crippen molar-refractivity contribution in [3.63, 3.8) is 0 Å². The number of piperidine rings is 1. The average molecular weight is 334 g/mol. The third kappa shape index (κ3) is 3.67. The normalized spacial score (nSPS) is 16.2. The predicted molar refractivity (Wildman–Crippen MR) is 89.1 cm³/mol. The highest BCUT2D eigenvalue weighted by molar-refractivity contribution is 6.31. The van der Waals surface area contributed by atoms with Crippen LogP contribution >= 0.6 is 11.6 Å². The summed E-state index contributed by atoms with van der Waals surface area (Å²) in [5.41, 5.74) is 0.888. The summed E-state index contributed by atoms with van der Waals surface area (Å²) < 4.78 is 7.36. The molecule has 1 aliphatic heterocycles. The number of halogens is 1. The molecule has 122 valence electrons. The summed E-state index contributed by atoms with van der Waals surface area (Å²) in [7, 11) is 0. The van der Waals surface area contributed by atoms with E-state index in [1.807, 2.05) is 35.2 Å². The van der Waals surface area contributed by atoms with Crippen molar-refractivity contribution in [1.82, 2.24) is 14.7 Å². The highest BCUT2D eigenvalue weighted by Gasteiger charge is 2.25. The van der Waals surface area contributed by atoms with E-state index in [1.165, 1.54) is 6.42 Å². The molecule has 0 aliphatic carbocycles. The molecule has 0 bridgehead atoms. The number of benzene rings is 1. The smallest absolute Gasteiger partial charge is 0.263 e. The van der Waals surface area contributed by atoms with Crippen LogP contribution < -0.4 is 4.74 Å². The Balaban J connectivity index is 1.70. The number of rotatable bonds is 4. The average Bonchev–Trinajstić information content (AvgIpc) is 2.96. The summed E-state index contributed by atoms with van der Waals surface area (Å²) in [6, 6.07) is 9.64. The summed E-state index contributed by atoms with van der Waals surface area (Å²) in [5, 5.41) is 4.73. The molecule has 0 unspecified atom stereocenters. The van der Waals surface area contributed by atoms with E-state index in [2.05, 4.69) is 5.10 Å². The van der Waals surface area contributed by atoms with E-state index in [0.717, 1.165) is 31.6 Å². The molecule has 0 N–H and O–H groups in total. The molecule has 5 nitrogen and oxygen atoms in total. The Morgan fingerprint density at radius 2 is 1.91 bits per heavy atom. The predicted octanol–water partition coefficient (Wildman–Crippen LogP) is 3.31. The lowest BCUT2D eigenvalue weighted by Crippen LogP contribution is -2.43. The van der Waals surface area contributed by atoms with Gasteiger partial charge in [0, 0.05) is 13.1 Å². The van der Waals surface area contributed by atoms with Gasteiger partial charge in [0.2, 0.25) is 0 Å². The van der Waals surface area contributed by atoms with Crippen LogP contribution in [0.4, 0.5) is 0 Å². The molecule has 0 radical (unpaired) electrons. The third-order valence-electron chi connectivity index (χ3n) is 3.96. The summed E-state index contributed by atoms with van der Waals surface area (Å²) >= 11 is 6.20. The van der Waals surface area contributed by atoms with Crippen LogP contribution in [0.2, 0.25) is 5.02 Å². The Bertz CT molecular complexity index is 666. The number of likely N-dealkylation sites (tertiary alicyclic amines) is 1. The Morgan fingerprint density at radius 1 is 1.22 bits per heavy atom. The number of nitrogens with zero attached hydrogens (tertiary/aromatic N) is 3. The minimum absolute atomic E-state index is 0.00460. The molecule has 6 heteroatoms. The zero-order valence-corrected chi connectivity index (χ0v) is 13.9. The van der Waals surface area contributed by atoms with E-state index in [1.54, 1.807) is 17.8 Å². The van der Waals surface area contributed by atoms with Gasteiger partial charge in [-0.3, -0.25) is 4.79 Å². The maximum absolute atomic E-state index is 12.4. The van der Waals surface area contributed by atoms with Gasteiger partial charge in [0.15, 0.2) is 6.10 Å². The fourth-order valence-electron chi connectivity index (χ4n) is 2.72. The van der Waals surface area contributed by atoms with Crippen LogP contribution in [0.3, 0.4) is 0 Å². The zero-order valence-electron chi connectivity index (χ0n) is 13.1. The molecule has 1 amide bonds. The number of aromatic nitrogens is 2. The topological polar surface area (TPSA) is 47.4 Å². The quantitative estimate of drug-likeness (QED) is 0.862. The van der Waals surface area contributed by atoms with Crippen LogP contribution in [0.15, 0.2) is 36.5 Å². The second-order valence-electron chi connectivity index (χ2n) is 5.71. The first-order valence-corrected chi connectivity index (χ1v) is 8.29. The van der Waals surface area contributed by atoms with E-state index in [-0.39, 0.29) is 11.8 Å². The first kappa shape index (κ1) is 15.9. The lowest BCUT2D eigenvalue weighted by Gasteiger charge is -2.28. The summed E-state index contributed by atoms with van der Waals surface area (Å²) in [6.45, 7) is 3.35. The van der Waals surface area contributed by atoms with Gasteiger partial charge in [-0.1, -0.05) is 29.8 Å². The van der Waals surface area contributed by atoms with Crippen LogP contribution in [-0.4, -0.2) is 39.8 Å². The van der Waals surface area contributed by atoms with E-state index in [0.29, 0.717) is 5.02 Å². The molecule has 0 saturated carbocycles. The lowest BCUT2D eigenvalue weighted by molar-refractivity contribution is -0.138. The third-order valence-corrected chi connectivity index (χ3v) is 4.22. The van der Waals surface area contributed by atoms with Crippen molar-refractivity contribution in [1.29, 1.82) is 0 Å². The number of carbonyl (C=O) groups excluding carboxylic acids is 1. The molecule has 1 fully saturated rings. The van der Waals surface area contributed by atoms with Crippen molar-refractivity contribution in [2.45, 2.75) is 32.3 Å². The zero-order chi connectivity index (χ0) is 16.2. The molecule has 2 aromatic rings. The van der Waals surface area contributed by atoms with Gasteiger partial charge in [-0.05, 0) is 38.3 Å². The molecular formula is C17H20ClN3O2. The number of para-hydroxylation sites is 1. The van der Waals surface area contributed by atoms with Crippen molar-refractivity contribution in [3.8, 4) is 11.6 Å². The maximum Gasteiger partial charge on any atom is 0.263 e. The van der Waals surface area contributed by atoms with E-state index in [9.17, 15) is 4.79 Å². The number of hydrogen-bond acceptors (Lipinski definition) is 3. The monoisotopic (exact) mass is 333 g/mol. The van der Waals surface area contributed by atoms with Gasteiger partial charge in [0.25, 0.3) is 11.8 Å². The minimum atomic E-state index is -0.593. The van der Waals surface area contributed by atoms with Gasteiger partial charge in [-0.25, -0.2) is 4.68 Å². The summed E-state index contributed by atoms with van der Waals surface area (Å²) in [4.78, 5) is 14.3. The Hall–Kier alpha value is -2.01.